The van der Waals surface area contributed by atoms with Crippen molar-refractivity contribution >= 4 is 5.91 Å². The van der Waals surface area contributed by atoms with Gasteiger partial charge in [0.1, 0.15) is 0 Å². The number of aliphatic hydroxyl groups is 1. The van der Waals surface area contributed by atoms with E-state index < -0.39 is 5.60 Å². The van der Waals surface area contributed by atoms with Crippen LogP contribution in [0.3, 0.4) is 0 Å². The number of rotatable bonds is 5. The van der Waals surface area contributed by atoms with Crippen LogP contribution >= 0.6 is 0 Å². The van der Waals surface area contributed by atoms with Crippen molar-refractivity contribution in [3.8, 4) is 0 Å². The number of hydrogen-bond acceptors (Lipinski definition) is 3. The predicted molar refractivity (Wildman–Crippen MR) is 79.3 cm³/mol. The van der Waals surface area contributed by atoms with Gasteiger partial charge in [-0.05, 0) is 18.4 Å². The first-order valence-electron chi connectivity index (χ1n) is 7.16. The van der Waals surface area contributed by atoms with E-state index in [9.17, 15) is 9.90 Å². The molecule has 110 valence electrons. The summed E-state index contributed by atoms with van der Waals surface area (Å²) in [7, 11) is 0. The maximum absolute atomic E-state index is 11.8. The van der Waals surface area contributed by atoms with Gasteiger partial charge in [-0.2, -0.15) is 0 Å². The van der Waals surface area contributed by atoms with E-state index in [4.69, 9.17) is 0 Å². The highest BCUT2D eigenvalue weighted by atomic mass is 16.3. The zero-order valence-electron chi connectivity index (χ0n) is 12.5. The molecule has 0 aliphatic carbocycles. The fourth-order valence-electron chi connectivity index (χ4n) is 2.37. The molecule has 20 heavy (non-hydrogen) atoms. The van der Waals surface area contributed by atoms with Crippen molar-refractivity contribution in [3.05, 3.63) is 35.4 Å². The second kappa shape index (κ2) is 5.94. The lowest BCUT2D eigenvalue weighted by Gasteiger charge is -2.48. The first-order valence-corrected chi connectivity index (χ1v) is 7.16. The normalized spacial score (nSPS) is 17.9. The Hall–Kier alpha value is -1.39. The number of nitrogens with one attached hydrogen (secondary N) is 1. The van der Waals surface area contributed by atoms with Crippen LogP contribution in [0.1, 0.15) is 25.0 Å². The van der Waals surface area contributed by atoms with Crippen molar-refractivity contribution in [1.82, 2.24) is 10.2 Å². The summed E-state index contributed by atoms with van der Waals surface area (Å²) in [5.74, 6) is 0.241. The number of hydrogen-bond donors (Lipinski definition) is 2. The molecule has 0 bridgehead atoms. The number of β-amino-alcohol motifs (C(OH)–C–C–N with tert-alkyl or cyclic N) is 1. The number of carbonyl (C=O) groups excluding carboxylic acids is 1. The molecule has 1 heterocycles. The Morgan fingerprint density at radius 3 is 2.50 bits per heavy atom. The molecule has 0 aromatic heterocycles. The SMILES string of the molecule is Cc1ccc(CNC(=O)CN2CC(O)(C(C)C)C2)cc1. The highest BCUT2D eigenvalue weighted by molar-refractivity contribution is 5.78. The molecule has 1 amide bonds. The average molecular weight is 276 g/mol. The monoisotopic (exact) mass is 276 g/mol. The smallest absolute Gasteiger partial charge is 0.234 e. The lowest BCUT2D eigenvalue weighted by atomic mass is 9.83. The number of carbonyl (C=O) groups is 1. The Morgan fingerprint density at radius 1 is 1.35 bits per heavy atom. The molecule has 1 aromatic rings. The van der Waals surface area contributed by atoms with Gasteiger partial charge in [-0.3, -0.25) is 9.69 Å². The number of likely N-dealkylation sites (tertiary alicyclic amines) is 1. The second-order valence-corrected chi connectivity index (χ2v) is 6.17. The predicted octanol–water partition coefficient (Wildman–Crippen LogP) is 1.31. The summed E-state index contributed by atoms with van der Waals surface area (Å²) in [4.78, 5) is 13.8. The molecule has 0 atom stereocenters. The van der Waals surface area contributed by atoms with Crippen LogP contribution in [0.5, 0.6) is 0 Å². The highest BCUT2D eigenvalue weighted by Crippen LogP contribution is 2.27. The highest BCUT2D eigenvalue weighted by Gasteiger charge is 2.43. The molecular formula is C16H24N2O2. The fraction of sp³-hybridized carbons (Fsp3) is 0.562. The Kier molecular flexibility index (Phi) is 4.45. The molecule has 2 N–H and O–H groups in total. The maximum Gasteiger partial charge on any atom is 0.234 e. The summed E-state index contributed by atoms with van der Waals surface area (Å²) in [6.07, 6.45) is 0. The van der Waals surface area contributed by atoms with Crippen molar-refractivity contribution in [1.29, 1.82) is 0 Å². The Labute approximate surface area is 120 Å². The standard InChI is InChI=1S/C16H24N2O2/c1-12(2)16(20)10-18(11-16)9-15(19)17-8-14-6-4-13(3)5-7-14/h4-7,12,20H,8-11H2,1-3H3,(H,17,19). The minimum atomic E-state index is -0.614. The van der Waals surface area contributed by atoms with Crippen molar-refractivity contribution in [3.63, 3.8) is 0 Å². The Balaban J connectivity index is 1.71. The topological polar surface area (TPSA) is 52.6 Å². The van der Waals surface area contributed by atoms with Gasteiger partial charge < -0.3 is 10.4 Å². The first kappa shape index (κ1) is 15.0. The van der Waals surface area contributed by atoms with E-state index in [-0.39, 0.29) is 11.8 Å². The number of aryl methyl sites for hydroxylation is 1. The molecule has 4 nitrogen and oxygen atoms in total. The quantitative estimate of drug-likeness (QED) is 0.852. The minimum Gasteiger partial charge on any atom is -0.387 e. The van der Waals surface area contributed by atoms with Gasteiger partial charge in [-0.15, -0.1) is 0 Å². The van der Waals surface area contributed by atoms with Crippen LogP contribution in [-0.2, 0) is 11.3 Å². The van der Waals surface area contributed by atoms with Crippen molar-refractivity contribution in [2.24, 2.45) is 5.92 Å². The van der Waals surface area contributed by atoms with E-state index in [0.717, 1.165) is 5.56 Å². The van der Waals surface area contributed by atoms with Gasteiger partial charge in [0.05, 0.1) is 12.1 Å². The molecule has 1 saturated heterocycles. The third-order valence-electron chi connectivity index (χ3n) is 4.05. The summed E-state index contributed by atoms with van der Waals surface area (Å²) in [6, 6.07) is 8.13. The van der Waals surface area contributed by atoms with Crippen molar-refractivity contribution in [2.75, 3.05) is 19.6 Å². The second-order valence-electron chi connectivity index (χ2n) is 6.17. The van der Waals surface area contributed by atoms with Crippen molar-refractivity contribution in [2.45, 2.75) is 32.9 Å². The molecule has 1 fully saturated rings. The molecular weight excluding hydrogens is 252 g/mol. The van der Waals surface area contributed by atoms with Gasteiger partial charge in [0, 0.05) is 19.6 Å². The van der Waals surface area contributed by atoms with E-state index in [1.165, 1.54) is 5.56 Å². The molecule has 1 aliphatic rings. The van der Waals surface area contributed by atoms with Gasteiger partial charge in [-0.1, -0.05) is 43.7 Å². The summed E-state index contributed by atoms with van der Waals surface area (Å²) >= 11 is 0. The third-order valence-corrected chi connectivity index (χ3v) is 4.05. The first-order chi connectivity index (χ1) is 9.39. The van der Waals surface area contributed by atoms with Gasteiger partial charge in [0.25, 0.3) is 0 Å². The molecule has 1 aliphatic heterocycles. The van der Waals surface area contributed by atoms with Crippen LogP contribution < -0.4 is 5.32 Å². The third kappa shape index (κ3) is 3.58. The Morgan fingerprint density at radius 2 is 1.95 bits per heavy atom. The molecule has 0 unspecified atom stereocenters. The minimum absolute atomic E-state index is 0.0105. The molecule has 1 aromatic carbocycles. The van der Waals surface area contributed by atoms with E-state index >= 15 is 0 Å². The summed E-state index contributed by atoms with van der Waals surface area (Å²) in [5, 5.41) is 13.0. The zero-order valence-corrected chi connectivity index (χ0v) is 12.5. The van der Waals surface area contributed by atoms with Gasteiger partial charge in [-0.25, -0.2) is 0 Å². The van der Waals surface area contributed by atoms with E-state index in [2.05, 4.69) is 5.32 Å². The summed E-state index contributed by atoms with van der Waals surface area (Å²) in [6.45, 7) is 8.15. The van der Waals surface area contributed by atoms with Crippen LogP contribution in [0.25, 0.3) is 0 Å². The van der Waals surface area contributed by atoms with Gasteiger partial charge in [0.15, 0.2) is 0 Å². The zero-order chi connectivity index (χ0) is 14.8. The number of nitrogens with zero attached hydrogens (tertiary/aromatic N) is 1. The van der Waals surface area contributed by atoms with Crippen LogP contribution in [-0.4, -0.2) is 41.1 Å². The van der Waals surface area contributed by atoms with Crippen molar-refractivity contribution < 1.29 is 9.90 Å². The van der Waals surface area contributed by atoms with Crippen LogP contribution in [0.4, 0.5) is 0 Å². The molecule has 0 saturated carbocycles. The fourth-order valence-corrected chi connectivity index (χ4v) is 2.37. The number of amides is 1. The lowest BCUT2D eigenvalue weighted by molar-refractivity contribution is -0.142. The van der Waals surface area contributed by atoms with E-state index in [0.29, 0.717) is 26.2 Å². The maximum atomic E-state index is 11.8. The Bertz CT molecular complexity index is 462. The molecule has 2 rings (SSSR count). The largest absolute Gasteiger partial charge is 0.387 e. The van der Waals surface area contributed by atoms with Crippen LogP contribution in [0.2, 0.25) is 0 Å². The van der Waals surface area contributed by atoms with E-state index in [1.807, 2.05) is 49.9 Å². The number of benzene rings is 1. The van der Waals surface area contributed by atoms with E-state index in [1.54, 1.807) is 0 Å². The van der Waals surface area contributed by atoms with Crippen LogP contribution in [0, 0.1) is 12.8 Å². The lowest BCUT2D eigenvalue weighted by Crippen LogP contribution is -2.65. The average Bonchev–Trinajstić information content (AvgIpc) is 2.36. The molecule has 0 radical (unpaired) electrons. The summed E-state index contributed by atoms with van der Waals surface area (Å²) < 4.78 is 0. The van der Waals surface area contributed by atoms with Crippen LogP contribution in [0.15, 0.2) is 24.3 Å². The van der Waals surface area contributed by atoms with Gasteiger partial charge >= 0.3 is 0 Å². The summed E-state index contributed by atoms with van der Waals surface area (Å²) in [5.41, 5.74) is 1.71. The molecule has 4 heteroatoms. The molecule has 0 spiro atoms. The van der Waals surface area contributed by atoms with Gasteiger partial charge in [0.2, 0.25) is 5.91 Å².